The van der Waals surface area contributed by atoms with E-state index in [2.05, 4.69) is 9.47 Å². The zero-order valence-electron chi connectivity index (χ0n) is 16.4. The van der Waals surface area contributed by atoms with Gasteiger partial charge in [-0.2, -0.15) is 17.6 Å². The van der Waals surface area contributed by atoms with E-state index in [1.54, 1.807) is 0 Å². The van der Waals surface area contributed by atoms with Gasteiger partial charge in [0.1, 0.15) is 0 Å². The molecule has 2 aromatic rings. The van der Waals surface area contributed by atoms with Crippen molar-refractivity contribution in [3.8, 4) is 11.5 Å². The number of hydrogen-bond acceptors (Lipinski definition) is 4. The van der Waals surface area contributed by atoms with Gasteiger partial charge in [-0.15, -0.1) is 0 Å². The first-order valence-electron chi connectivity index (χ1n) is 8.86. The van der Waals surface area contributed by atoms with E-state index in [0.29, 0.717) is 0 Å². The molecule has 0 N–H and O–H groups in total. The largest absolute Gasteiger partial charge is 0.417 e. The molecule has 0 spiro atoms. The fourth-order valence-electron chi connectivity index (χ4n) is 2.40. The van der Waals surface area contributed by atoms with Crippen LogP contribution in [0.5, 0.6) is 11.5 Å². The molecule has 15 heteroatoms. The minimum atomic E-state index is -4.25. The van der Waals surface area contributed by atoms with Crippen molar-refractivity contribution in [2.45, 2.75) is 31.9 Å². The van der Waals surface area contributed by atoms with Crippen LogP contribution in [-0.2, 0) is 9.59 Å². The number of rotatable bonds is 7. The third-order valence-corrected chi connectivity index (χ3v) is 4.25. The first-order chi connectivity index (χ1) is 15.7. The van der Waals surface area contributed by atoms with Crippen LogP contribution in [0.4, 0.5) is 48.3 Å². The highest BCUT2D eigenvalue weighted by molar-refractivity contribution is 6.05. The average molecular weight is 510 g/mol. The van der Waals surface area contributed by atoms with Crippen molar-refractivity contribution in [1.29, 1.82) is 0 Å². The number of carbonyl (C=O) groups is 2. The van der Waals surface area contributed by atoms with Crippen LogP contribution in [0, 0.1) is 58.2 Å². The van der Waals surface area contributed by atoms with Gasteiger partial charge in [0.15, 0.2) is 0 Å². The molecule has 0 aliphatic carbocycles. The Morgan fingerprint density at radius 2 is 0.853 bits per heavy atom. The van der Waals surface area contributed by atoms with E-state index in [-0.39, 0.29) is 6.42 Å². The van der Waals surface area contributed by atoms with E-state index in [1.807, 2.05) is 0 Å². The van der Waals surface area contributed by atoms with Gasteiger partial charge in [0.25, 0.3) is 0 Å². The molecule has 0 radical (unpaired) electrons. The average Bonchev–Trinajstić information content (AvgIpc) is 2.82. The standard InChI is InChI=1S/C19H9F11O4/c1-2-3-4-19(30,17(31)33-15-11(26)7(22)5(20)8(23)12(15)27)18(32)34-16-13(28)9(24)6(21)10(25)14(16)29/h2-4H2,1H3. The molecule has 0 saturated carbocycles. The highest BCUT2D eigenvalue weighted by Crippen LogP contribution is 2.34. The zero-order chi connectivity index (χ0) is 26.1. The van der Waals surface area contributed by atoms with Crippen molar-refractivity contribution >= 4 is 11.9 Å². The molecule has 0 amide bonds. The van der Waals surface area contributed by atoms with Crippen molar-refractivity contribution in [2.24, 2.45) is 0 Å². The van der Waals surface area contributed by atoms with E-state index >= 15 is 4.39 Å². The molecule has 0 heterocycles. The highest BCUT2D eigenvalue weighted by atomic mass is 19.2. The molecule has 186 valence electrons. The molecule has 0 unspecified atom stereocenters. The van der Waals surface area contributed by atoms with Gasteiger partial charge in [0, 0.05) is 6.42 Å². The van der Waals surface area contributed by atoms with Crippen LogP contribution in [0.15, 0.2) is 0 Å². The van der Waals surface area contributed by atoms with Crippen molar-refractivity contribution < 1.29 is 67.4 Å². The van der Waals surface area contributed by atoms with Crippen LogP contribution < -0.4 is 9.47 Å². The second-order valence-electron chi connectivity index (χ2n) is 6.48. The Morgan fingerprint density at radius 3 is 1.12 bits per heavy atom. The summed E-state index contributed by atoms with van der Waals surface area (Å²) in [5.41, 5.74) is -4.25. The third-order valence-electron chi connectivity index (χ3n) is 4.25. The van der Waals surface area contributed by atoms with Crippen LogP contribution >= 0.6 is 0 Å². The topological polar surface area (TPSA) is 52.6 Å². The molecule has 34 heavy (non-hydrogen) atoms. The van der Waals surface area contributed by atoms with E-state index in [0.717, 1.165) is 0 Å². The molecular weight excluding hydrogens is 501 g/mol. The molecule has 2 aromatic carbocycles. The summed E-state index contributed by atoms with van der Waals surface area (Å²) in [5.74, 6) is -36.7. The van der Waals surface area contributed by atoms with Crippen LogP contribution in [0.1, 0.15) is 26.2 Å². The molecule has 0 fully saturated rings. The molecule has 2 rings (SSSR count). The van der Waals surface area contributed by atoms with Crippen LogP contribution in [0.2, 0.25) is 0 Å². The summed E-state index contributed by atoms with van der Waals surface area (Å²) in [6.45, 7) is 1.35. The molecule has 0 aliphatic rings. The Kier molecular flexibility index (Phi) is 7.78. The predicted molar refractivity (Wildman–Crippen MR) is 87.1 cm³/mol. The summed E-state index contributed by atoms with van der Waals surface area (Å²) in [6.07, 6.45) is -1.78. The summed E-state index contributed by atoms with van der Waals surface area (Å²) in [6, 6.07) is 0. The number of halogens is 11. The number of carbonyl (C=O) groups excluding carboxylic acids is 2. The van der Waals surface area contributed by atoms with Crippen LogP contribution in [0.25, 0.3) is 0 Å². The normalized spacial score (nSPS) is 11.5. The second-order valence-corrected chi connectivity index (χ2v) is 6.48. The van der Waals surface area contributed by atoms with Gasteiger partial charge >= 0.3 is 17.6 Å². The van der Waals surface area contributed by atoms with Gasteiger partial charge in [-0.3, -0.25) is 0 Å². The van der Waals surface area contributed by atoms with Crippen molar-refractivity contribution in [2.75, 3.05) is 0 Å². The van der Waals surface area contributed by atoms with E-state index in [1.165, 1.54) is 6.92 Å². The number of esters is 2. The lowest BCUT2D eigenvalue weighted by Crippen LogP contribution is -2.48. The first kappa shape index (κ1) is 26.9. The number of alkyl halides is 1. The third kappa shape index (κ3) is 4.50. The Balaban J connectivity index is 2.52. The smallest absolute Gasteiger partial charge is 0.361 e. The Hall–Kier alpha value is -3.39. The molecule has 0 atom stereocenters. The number of unbranched alkanes of at least 4 members (excludes halogenated alkanes) is 1. The summed E-state index contributed by atoms with van der Waals surface area (Å²) >= 11 is 0. The molecule has 0 saturated heterocycles. The minimum absolute atomic E-state index is 0.0166. The second kappa shape index (κ2) is 9.85. The monoisotopic (exact) mass is 510 g/mol. The van der Waals surface area contributed by atoms with E-state index in [4.69, 9.17) is 0 Å². The summed E-state index contributed by atoms with van der Waals surface area (Å²) in [7, 11) is 0. The van der Waals surface area contributed by atoms with Gasteiger partial charge in [-0.25, -0.2) is 40.3 Å². The lowest BCUT2D eigenvalue weighted by molar-refractivity contribution is -0.164. The van der Waals surface area contributed by atoms with E-state index in [9.17, 15) is 53.5 Å². The first-order valence-corrected chi connectivity index (χ1v) is 8.86. The molecule has 4 nitrogen and oxygen atoms in total. The van der Waals surface area contributed by atoms with Gasteiger partial charge in [-0.1, -0.05) is 13.3 Å². The van der Waals surface area contributed by atoms with Crippen LogP contribution in [0.3, 0.4) is 0 Å². The Labute approximate surface area is 181 Å². The molecule has 0 aliphatic heterocycles. The van der Waals surface area contributed by atoms with E-state index < -0.39 is 100 Å². The Bertz CT molecular complexity index is 1020. The van der Waals surface area contributed by atoms with Crippen molar-refractivity contribution in [3.05, 3.63) is 58.2 Å². The SMILES string of the molecule is CCCCC(F)(C(=O)Oc1c(F)c(F)c(F)c(F)c1F)C(=O)Oc1c(F)c(F)c(F)c(F)c1F. The maximum Gasteiger partial charge on any atom is 0.361 e. The minimum Gasteiger partial charge on any atom is -0.417 e. The molecular formula is C19H9F11O4. The summed E-state index contributed by atoms with van der Waals surface area (Å²) in [4.78, 5) is 24.4. The highest BCUT2D eigenvalue weighted by Gasteiger charge is 2.51. The van der Waals surface area contributed by atoms with Gasteiger partial charge in [0.2, 0.25) is 69.7 Å². The fourth-order valence-corrected chi connectivity index (χ4v) is 2.40. The van der Waals surface area contributed by atoms with Crippen molar-refractivity contribution in [3.63, 3.8) is 0 Å². The van der Waals surface area contributed by atoms with Gasteiger partial charge in [-0.05, 0) is 6.42 Å². The molecule has 0 aromatic heterocycles. The number of benzene rings is 2. The maximum atomic E-state index is 15.3. The summed E-state index contributed by atoms with van der Waals surface area (Å²) < 4.78 is 157. The van der Waals surface area contributed by atoms with Gasteiger partial charge < -0.3 is 9.47 Å². The maximum absolute atomic E-state index is 15.3. The lowest BCUT2D eigenvalue weighted by Gasteiger charge is -2.22. The predicted octanol–water partition coefficient (Wildman–Crippen LogP) is 5.49. The Morgan fingerprint density at radius 1 is 0.588 bits per heavy atom. The number of ether oxygens (including phenoxy) is 2. The quantitative estimate of drug-likeness (QED) is 0.124. The molecule has 0 bridgehead atoms. The number of hydrogen-bond donors (Lipinski definition) is 0. The fraction of sp³-hybridized carbons (Fsp3) is 0.263. The van der Waals surface area contributed by atoms with Crippen LogP contribution in [-0.4, -0.2) is 17.6 Å². The lowest BCUT2D eigenvalue weighted by atomic mass is 9.99. The summed E-state index contributed by atoms with van der Waals surface area (Å²) in [5, 5.41) is 0. The van der Waals surface area contributed by atoms with Crippen molar-refractivity contribution in [1.82, 2.24) is 0 Å². The zero-order valence-corrected chi connectivity index (χ0v) is 16.4. The van der Waals surface area contributed by atoms with Gasteiger partial charge in [0.05, 0.1) is 0 Å².